The average Bonchev–Trinajstić information content (AvgIpc) is 2.96. The summed E-state index contributed by atoms with van der Waals surface area (Å²) in [5.41, 5.74) is 3.76. The zero-order valence-corrected chi connectivity index (χ0v) is 14.4. The Hall–Kier alpha value is -2.30. The third-order valence-corrected chi connectivity index (χ3v) is 4.66. The number of aromatic amines is 1. The second kappa shape index (κ2) is 5.10. The molecule has 1 aromatic heterocycles. The number of Topliss-reactive ketones (excluding diaryl/α,β-unsaturated/α-hetero) is 1. The molecule has 2 N–H and O–H groups in total. The molecule has 0 amide bonds. The fourth-order valence-electron chi connectivity index (χ4n) is 3.21. The van der Waals surface area contributed by atoms with Gasteiger partial charge in [0.2, 0.25) is 5.78 Å². The van der Waals surface area contributed by atoms with Gasteiger partial charge in [-0.3, -0.25) is 4.79 Å². The lowest BCUT2D eigenvalue weighted by Crippen LogP contribution is -2.12. The van der Waals surface area contributed by atoms with Gasteiger partial charge in [-0.25, -0.2) is 4.99 Å². The number of carbonyl (C=O) groups excluding carboxylic acids is 1. The Balaban J connectivity index is 1.95. The van der Waals surface area contributed by atoms with Gasteiger partial charge in [0.1, 0.15) is 11.4 Å². The van der Waals surface area contributed by atoms with Gasteiger partial charge in [0, 0.05) is 15.4 Å². The highest BCUT2D eigenvalue weighted by Gasteiger charge is 2.31. The van der Waals surface area contributed by atoms with Crippen LogP contribution in [0.2, 0.25) is 10.0 Å². The van der Waals surface area contributed by atoms with Gasteiger partial charge in [-0.2, -0.15) is 0 Å². The Morgan fingerprint density at radius 1 is 1.04 bits per heavy atom. The van der Waals surface area contributed by atoms with Crippen molar-refractivity contribution in [1.29, 1.82) is 0 Å². The minimum Gasteiger partial charge on any atom is -0.505 e. The van der Waals surface area contributed by atoms with E-state index in [1.54, 1.807) is 24.3 Å². The van der Waals surface area contributed by atoms with Crippen LogP contribution >= 0.6 is 23.2 Å². The molecule has 120 valence electrons. The van der Waals surface area contributed by atoms with Gasteiger partial charge in [-0.15, -0.1) is 0 Å². The number of rotatable bonds is 1. The molecule has 4 nitrogen and oxygen atoms in total. The lowest BCUT2D eigenvalue weighted by Gasteiger charge is -2.02. The molecule has 0 aliphatic carbocycles. The SMILES string of the molecule is Cc1cc(Cl)cc2c1C(=O)C(c1[nH]c3cc(Cl)cc(C)c3c1O)=N2. The Morgan fingerprint density at radius 2 is 1.71 bits per heavy atom. The zero-order valence-electron chi connectivity index (χ0n) is 12.9. The summed E-state index contributed by atoms with van der Waals surface area (Å²) < 4.78 is 0. The van der Waals surface area contributed by atoms with Gasteiger partial charge < -0.3 is 10.1 Å². The number of benzene rings is 2. The third-order valence-electron chi connectivity index (χ3n) is 4.22. The van der Waals surface area contributed by atoms with Crippen LogP contribution in [0.4, 0.5) is 5.69 Å². The molecule has 0 fully saturated rings. The summed E-state index contributed by atoms with van der Waals surface area (Å²) in [4.78, 5) is 20.2. The summed E-state index contributed by atoms with van der Waals surface area (Å²) in [6.07, 6.45) is 0. The lowest BCUT2D eigenvalue weighted by atomic mass is 10.0. The second-order valence-corrected chi connectivity index (χ2v) is 6.77. The summed E-state index contributed by atoms with van der Waals surface area (Å²) in [6.45, 7) is 3.67. The fraction of sp³-hybridized carbons (Fsp3) is 0.111. The van der Waals surface area contributed by atoms with Crippen LogP contribution in [-0.4, -0.2) is 21.6 Å². The molecule has 2 aromatic carbocycles. The van der Waals surface area contributed by atoms with Crippen molar-refractivity contribution in [3.05, 3.63) is 56.7 Å². The van der Waals surface area contributed by atoms with Crippen LogP contribution < -0.4 is 0 Å². The van der Waals surface area contributed by atoms with Crippen molar-refractivity contribution >= 4 is 51.3 Å². The maximum Gasteiger partial charge on any atom is 0.216 e. The quantitative estimate of drug-likeness (QED) is 0.634. The number of aliphatic imine (C=N–C) groups is 1. The van der Waals surface area contributed by atoms with Crippen molar-refractivity contribution in [3.63, 3.8) is 0 Å². The standard InChI is InChI=1S/C18H12Cl2N2O2/c1-7-3-9(19)5-11-13(7)17(23)15(21-11)16-18(24)14-8(2)4-10(20)6-12(14)22-16/h3-6,21,23H,1-2H3. The van der Waals surface area contributed by atoms with Crippen LogP contribution in [-0.2, 0) is 0 Å². The van der Waals surface area contributed by atoms with E-state index in [0.29, 0.717) is 37.9 Å². The van der Waals surface area contributed by atoms with Gasteiger partial charge >= 0.3 is 0 Å². The van der Waals surface area contributed by atoms with Crippen molar-refractivity contribution in [1.82, 2.24) is 4.98 Å². The van der Waals surface area contributed by atoms with E-state index in [1.807, 2.05) is 13.8 Å². The number of ketones is 1. The normalized spacial score (nSPS) is 13.5. The van der Waals surface area contributed by atoms with Gasteiger partial charge in [-0.05, 0) is 49.2 Å². The van der Waals surface area contributed by atoms with Crippen LogP contribution in [0.25, 0.3) is 10.9 Å². The highest BCUT2D eigenvalue weighted by Crippen LogP contribution is 2.39. The molecule has 2 heterocycles. The van der Waals surface area contributed by atoms with E-state index in [0.717, 1.165) is 11.1 Å². The van der Waals surface area contributed by atoms with E-state index in [9.17, 15) is 9.90 Å². The molecule has 1 aliphatic heterocycles. The lowest BCUT2D eigenvalue weighted by molar-refractivity contribution is 0.106. The zero-order chi connectivity index (χ0) is 17.2. The van der Waals surface area contributed by atoms with Crippen LogP contribution in [0, 0.1) is 13.8 Å². The highest BCUT2D eigenvalue weighted by atomic mass is 35.5. The minimum atomic E-state index is -0.232. The van der Waals surface area contributed by atoms with Crippen LogP contribution in [0.3, 0.4) is 0 Å². The first-order valence-electron chi connectivity index (χ1n) is 7.31. The third kappa shape index (κ3) is 2.07. The summed E-state index contributed by atoms with van der Waals surface area (Å²) in [7, 11) is 0. The summed E-state index contributed by atoms with van der Waals surface area (Å²) in [5.74, 6) is -0.229. The first-order chi connectivity index (χ1) is 11.4. The number of aromatic nitrogens is 1. The molecule has 0 unspecified atom stereocenters. The topological polar surface area (TPSA) is 65.5 Å². The maximum atomic E-state index is 12.8. The summed E-state index contributed by atoms with van der Waals surface area (Å²) in [6, 6.07) is 6.85. The molecule has 0 radical (unpaired) electrons. The molecule has 0 saturated heterocycles. The molecule has 24 heavy (non-hydrogen) atoms. The summed E-state index contributed by atoms with van der Waals surface area (Å²) >= 11 is 12.1. The van der Waals surface area contributed by atoms with E-state index in [-0.39, 0.29) is 17.2 Å². The number of carbonyl (C=O) groups is 1. The smallest absolute Gasteiger partial charge is 0.216 e. The first-order valence-corrected chi connectivity index (χ1v) is 8.07. The summed E-state index contributed by atoms with van der Waals surface area (Å²) in [5, 5.41) is 12.3. The predicted molar refractivity (Wildman–Crippen MR) is 96.4 cm³/mol. The molecular formula is C18H12Cl2N2O2. The predicted octanol–water partition coefficient (Wildman–Crippen LogP) is 5.11. The number of hydrogen-bond donors (Lipinski definition) is 2. The van der Waals surface area contributed by atoms with E-state index < -0.39 is 0 Å². The maximum absolute atomic E-state index is 12.8. The fourth-order valence-corrected chi connectivity index (χ4v) is 3.75. The monoisotopic (exact) mass is 358 g/mol. The number of halogens is 2. The largest absolute Gasteiger partial charge is 0.505 e. The number of nitrogens with one attached hydrogen (secondary N) is 1. The Bertz CT molecular complexity index is 1080. The molecule has 0 saturated carbocycles. The number of hydrogen-bond acceptors (Lipinski definition) is 3. The Kier molecular flexibility index (Phi) is 3.24. The molecule has 0 spiro atoms. The van der Waals surface area contributed by atoms with E-state index >= 15 is 0 Å². The van der Waals surface area contributed by atoms with E-state index in [2.05, 4.69) is 9.98 Å². The average molecular weight is 359 g/mol. The van der Waals surface area contributed by atoms with Gasteiger partial charge in [0.05, 0.1) is 16.8 Å². The minimum absolute atomic E-state index is 0.00261. The van der Waals surface area contributed by atoms with Crippen LogP contribution in [0.5, 0.6) is 5.75 Å². The van der Waals surface area contributed by atoms with Gasteiger partial charge in [-0.1, -0.05) is 23.2 Å². The van der Waals surface area contributed by atoms with Crippen molar-refractivity contribution in [2.24, 2.45) is 4.99 Å². The van der Waals surface area contributed by atoms with Gasteiger partial charge in [0.15, 0.2) is 5.75 Å². The van der Waals surface area contributed by atoms with Crippen LogP contribution in [0.15, 0.2) is 29.3 Å². The van der Waals surface area contributed by atoms with Crippen LogP contribution in [0.1, 0.15) is 27.2 Å². The number of nitrogens with zero attached hydrogens (tertiary/aromatic N) is 1. The van der Waals surface area contributed by atoms with Crippen molar-refractivity contribution in [2.45, 2.75) is 13.8 Å². The molecule has 1 aliphatic rings. The Labute approximate surface area is 147 Å². The van der Waals surface area contributed by atoms with E-state index in [4.69, 9.17) is 23.2 Å². The molecule has 3 aromatic rings. The molecule has 0 bridgehead atoms. The molecular weight excluding hydrogens is 347 g/mol. The van der Waals surface area contributed by atoms with Gasteiger partial charge in [0.25, 0.3) is 0 Å². The number of H-pyrrole nitrogens is 1. The first kappa shape index (κ1) is 15.2. The molecule has 4 rings (SSSR count). The molecule has 0 atom stereocenters. The van der Waals surface area contributed by atoms with Crippen molar-refractivity contribution < 1.29 is 9.90 Å². The Morgan fingerprint density at radius 3 is 2.46 bits per heavy atom. The number of aryl methyl sites for hydroxylation is 2. The van der Waals surface area contributed by atoms with Crippen molar-refractivity contribution in [2.75, 3.05) is 0 Å². The molecule has 6 heteroatoms. The highest BCUT2D eigenvalue weighted by molar-refractivity contribution is 6.55. The number of fused-ring (bicyclic) bond motifs is 2. The van der Waals surface area contributed by atoms with Crippen molar-refractivity contribution in [3.8, 4) is 5.75 Å². The number of aromatic hydroxyl groups is 1. The second-order valence-electron chi connectivity index (χ2n) is 5.90. The van der Waals surface area contributed by atoms with E-state index in [1.165, 1.54) is 0 Å².